The molecule has 0 bridgehead atoms. The number of carbonyl (C=O) groups excluding carboxylic acids is 1. The van der Waals surface area contributed by atoms with E-state index < -0.39 is 0 Å². The third kappa shape index (κ3) is 3.88. The van der Waals surface area contributed by atoms with Gasteiger partial charge in [0.15, 0.2) is 5.65 Å². The van der Waals surface area contributed by atoms with Crippen LogP contribution in [0.1, 0.15) is 29.0 Å². The van der Waals surface area contributed by atoms with Gasteiger partial charge in [0.05, 0.1) is 17.4 Å². The first-order valence-electron chi connectivity index (χ1n) is 10.6. The van der Waals surface area contributed by atoms with E-state index in [0.717, 1.165) is 28.1 Å². The molecule has 1 atom stereocenters. The van der Waals surface area contributed by atoms with E-state index in [1.54, 1.807) is 10.6 Å². The quantitative estimate of drug-likeness (QED) is 0.407. The maximum Gasteiger partial charge on any atom is 0.270 e. The molecule has 0 saturated carbocycles. The van der Waals surface area contributed by atoms with Gasteiger partial charge in [-0.25, -0.2) is 9.50 Å². The molecule has 32 heavy (non-hydrogen) atoms. The summed E-state index contributed by atoms with van der Waals surface area (Å²) in [5.74, 6) is -0.200. The Balaban J connectivity index is 1.60. The molecule has 5 aromatic rings. The molecular formula is C27H22N4O. The van der Waals surface area contributed by atoms with Gasteiger partial charge in [-0.3, -0.25) is 4.79 Å². The average molecular weight is 419 g/mol. The van der Waals surface area contributed by atoms with Crippen LogP contribution in [0.3, 0.4) is 0 Å². The van der Waals surface area contributed by atoms with Crippen molar-refractivity contribution in [2.45, 2.75) is 13.0 Å². The predicted molar refractivity (Wildman–Crippen MR) is 126 cm³/mol. The van der Waals surface area contributed by atoms with Crippen LogP contribution in [0.4, 0.5) is 0 Å². The van der Waals surface area contributed by atoms with Gasteiger partial charge in [0.2, 0.25) is 0 Å². The van der Waals surface area contributed by atoms with Gasteiger partial charge >= 0.3 is 0 Å². The second kappa shape index (κ2) is 8.47. The van der Waals surface area contributed by atoms with Gasteiger partial charge in [0.25, 0.3) is 5.91 Å². The number of amides is 1. The van der Waals surface area contributed by atoms with Crippen molar-refractivity contribution < 1.29 is 4.79 Å². The first-order valence-corrected chi connectivity index (χ1v) is 10.6. The Hall–Kier alpha value is -4.25. The maximum absolute atomic E-state index is 13.4. The van der Waals surface area contributed by atoms with E-state index in [9.17, 15) is 4.79 Å². The molecule has 0 saturated heterocycles. The van der Waals surface area contributed by atoms with Crippen LogP contribution in [0.5, 0.6) is 0 Å². The molecule has 1 amide bonds. The molecule has 2 heterocycles. The molecule has 1 N–H and O–H groups in total. The molecule has 0 aliphatic heterocycles. The van der Waals surface area contributed by atoms with E-state index in [0.29, 0.717) is 11.3 Å². The zero-order valence-electron chi connectivity index (χ0n) is 17.6. The standard InChI is InChI=1S/C27H22N4O/c1-19(20-11-5-2-6-12-20)28-27(32)25-17-23(21-13-7-3-8-14-21)29-26-18-24(30-31(25)26)22-15-9-4-10-16-22/h2-19H,1H3,(H,28,32)/t19-/m0/s1. The van der Waals surface area contributed by atoms with Crippen molar-refractivity contribution in [2.24, 2.45) is 0 Å². The number of carbonyl (C=O) groups is 1. The summed E-state index contributed by atoms with van der Waals surface area (Å²) in [7, 11) is 0. The summed E-state index contributed by atoms with van der Waals surface area (Å²) in [6, 6.07) is 33.2. The molecule has 0 spiro atoms. The van der Waals surface area contributed by atoms with Crippen LogP contribution in [0.2, 0.25) is 0 Å². The van der Waals surface area contributed by atoms with Gasteiger partial charge in [0, 0.05) is 17.2 Å². The number of nitrogens with zero attached hydrogens (tertiary/aromatic N) is 3. The Morgan fingerprint density at radius 2 is 1.34 bits per heavy atom. The Morgan fingerprint density at radius 3 is 1.97 bits per heavy atom. The number of aromatic nitrogens is 3. The molecule has 156 valence electrons. The van der Waals surface area contributed by atoms with E-state index >= 15 is 0 Å². The lowest BCUT2D eigenvalue weighted by atomic mass is 10.1. The highest BCUT2D eigenvalue weighted by atomic mass is 16.2. The van der Waals surface area contributed by atoms with Crippen LogP contribution in [0.15, 0.2) is 103 Å². The Bertz CT molecular complexity index is 1360. The second-order valence-corrected chi connectivity index (χ2v) is 7.66. The van der Waals surface area contributed by atoms with E-state index in [-0.39, 0.29) is 11.9 Å². The maximum atomic E-state index is 13.4. The Morgan fingerprint density at radius 1 is 0.781 bits per heavy atom. The van der Waals surface area contributed by atoms with E-state index in [2.05, 4.69) is 5.32 Å². The summed E-state index contributed by atoms with van der Waals surface area (Å²) in [5, 5.41) is 7.82. The van der Waals surface area contributed by atoms with Gasteiger partial charge in [0.1, 0.15) is 5.69 Å². The van der Waals surface area contributed by atoms with Gasteiger partial charge in [-0.15, -0.1) is 0 Å². The molecule has 5 heteroatoms. The first-order chi connectivity index (χ1) is 15.7. The zero-order chi connectivity index (χ0) is 21.9. The highest BCUT2D eigenvalue weighted by Gasteiger charge is 2.19. The zero-order valence-corrected chi connectivity index (χ0v) is 17.6. The minimum atomic E-state index is -0.200. The van der Waals surface area contributed by atoms with Crippen molar-refractivity contribution >= 4 is 11.6 Å². The second-order valence-electron chi connectivity index (χ2n) is 7.66. The molecule has 3 aromatic carbocycles. The van der Waals surface area contributed by atoms with Crippen molar-refractivity contribution in [2.75, 3.05) is 0 Å². The summed E-state index contributed by atoms with van der Waals surface area (Å²) in [5.41, 5.74) is 5.54. The summed E-state index contributed by atoms with van der Waals surface area (Å²) in [6.07, 6.45) is 0. The normalized spacial score (nSPS) is 11.9. The molecule has 5 rings (SSSR count). The fourth-order valence-corrected chi connectivity index (χ4v) is 3.74. The number of nitrogens with one attached hydrogen (secondary N) is 1. The minimum absolute atomic E-state index is 0.142. The van der Waals surface area contributed by atoms with E-state index in [1.165, 1.54) is 0 Å². The van der Waals surface area contributed by atoms with Crippen LogP contribution in [-0.4, -0.2) is 20.5 Å². The number of benzene rings is 3. The molecule has 0 radical (unpaired) electrons. The van der Waals surface area contributed by atoms with Crippen LogP contribution in [0.25, 0.3) is 28.2 Å². The fraction of sp³-hybridized carbons (Fsp3) is 0.0741. The molecule has 0 unspecified atom stereocenters. The highest BCUT2D eigenvalue weighted by molar-refractivity contribution is 5.94. The van der Waals surface area contributed by atoms with Crippen LogP contribution in [-0.2, 0) is 0 Å². The van der Waals surface area contributed by atoms with Crippen molar-refractivity contribution in [1.29, 1.82) is 0 Å². The number of fused-ring (bicyclic) bond motifs is 1. The lowest BCUT2D eigenvalue weighted by Crippen LogP contribution is -2.28. The average Bonchev–Trinajstić information content (AvgIpc) is 3.29. The number of rotatable bonds is 5. The molecular weight excluding hydrogens is 396 g/mol. The molecule has 0 fully saturated rings. The predicted octanol–water partition coefficient (Wildman–Crippen LogP) is 5.55. The van der Waals surface area contributed by atoms with E-state index in [4.69, 9.17) is 10.1 Å². The minimum Gasteiger partial charge on any atom is -0.344 e. The third-order valence-electron chi connectivity index (χ3n) is 5.45. The van der Waals surface area contributed by atoms with E-state index in [1.807, 2.05) is 104 Å². The molecule has 0 aliphatic carbocycles. The topological polar surface area (TPSA) is 59.3 Å². The van der Waals surface area contributed by atoms with Crippen molar-refractivity contribution in [1.82, 2.24) is 19.9 Å². The fourth-order valence-electron chi connectivity index (χ4n) is 3.74. The Kier molecular flexibility index (Phi) is 5.22. The largest absolute Gasteiger partial charge is 0.344 e. The summed E-state index contributed by atoms with van der Waals surface area (Å²) >= 11 is 0. The smallest absolute Gasteiger partial charge is 0.270 e. The summed E-state index contributed by atoms with van der Waals surface area (Å²) < 4.78 is 1.63. The summed E-state index contributed by atoms with van der Waals surface area (Å²) in [4.78, 5) is 18.2. The SMILES string of the molecule is C[C@H](NC(=O)c1cc(-c2ccccc2)nc2cc(-c3ccccc3)nn12)c1ccccc1. The number of hydrogen-bond donors (Lipinski definition) is 1. The van der Waals surface area contributed by atoms with Crippen LogP contribution in [0, 0.1) is 0 Å². The monoisotopic (exact) mass is 418 g/mol. The summed E-state index contributed by atoms with van der Waals surface area (Å²) in [6.45, 7) is 1.97. The first kappa shape index (κ1) is 19.7. The van der Waals surface area contributed by atoms with Crippen LogP contribution < -0.4 is 5.32 Å². The number of hydrogen-bond acceptors (Lipinski definition) is 3. The van der Waals surface area contributed by atoms with Crippen molar-refractivity contribution in [3.63, 3.8) is 0 Å². The molecule has 0 aliphatic rings. The molecule has 2 aromatic heterocycles. The molecule has 5 nitrogen and oxygen atoms in total. The third-order valence-corrected chi connectivity index (χ3v) is 5.45. The highest BCUT2D eigenvalue weighted by Crippen LogP contribution is 2.24. The van der Waals surface area contributed by atoms with Crippen LogP contribution >= 0.6 is 0 Å². The van der Waals surface area contributed by atoms with Crippen molar-refractivity contribution in [3.8, 4) is 22.5 Å². The van der Waals surface area contributed by atoms with Gasteiger partial charge < -0.3 is 5.32 Å². The lowest BCUT2D eigenvalue weighted by molar-refractivity contribution is 0.0932. The van der Waals surface area contributed by atoms with Gasteiger partial charge in [-0.2, -0.15) is 5.10 Å². The Labute approximate surface area is 186 Å². The van der Waals surface area contributed by atoms with Crippen molar-refractivity contribution in [3.05, 3.63) is 114 Å². The van der Waals surface area contributed by atoms with Gasteiger partial charge in [-0.05, 0) is 18.6 Å². The van der Waals surface area contributed by atoms with Gasteiger partial charge in [-0.1, -0.05) is 91.0 Å². The lowest BCUT2D eigenvalue weighted by Gasteiger charge is -2.15.